The lowest BCUT2D eigenvalue weighted by Gasteiger charge is -2.37. The first-order valence-corrected chi connectivity index (χ1v) is 8.42. The van der Waals surface area contributed by atoms with Crippen LogP contribution in [0.15, 0.2) is 10.9 Å². The highest BCUT2D eigenvalue weighted by atomic mass is 32.1. The zero-order valence-electron chi connectivity index (χ0n) is 12.4. The molecular formula is C15H27N3S. The first kappa shape index (κ1) is 14.9. The Morgan fingerprint density at radius 3 is 3.00 bits per heavy atom. The highest BCUT2D eigenvalue weighted by Gasteiger charge is 2.28. The monoisotopic (exact) mass is 281 g/mol. The molecule has 3 unspecified atom stereocenters. The van der Waals surface area contributed by atoms with Crippen LogP contribution in [0.5, 0.6) is 0 Å². The third kappa shape index (κ3) is 4.55. The molecule has 3 atom stereocenters. The van der Waals surface area contributed by atoms with Crippen LogP contribution in [0.3, 0.4) is 0 Å². The van der Waals surface area contributed by atoms with E-state index in [4.69, 9.17) is 0 Å². The highest BCUT2D eigenvalue weighted by molar-refractivity contribution is 7.07. The van der Waals surface area contributed by atoms with Crippen molar-refractivity contribution in [3.63, 3.8) is 0 Å². The maximum atomic E-state index is 4.38. The van der Waals surface area contributed by atoms with E-state index in [1.54, 1.807) is 11.3 Å². The van der Waals surface area contributed by atoms with Crippen molar-refractivity contribution in [1.29, 1.82) is 0 Å². The quantitative estimate of drug-likeness (QED) is 0.869. The van der Waals surface area contributed by atoms with E-state index in [1.807, 2.05) is 5.51 Å². The fourth-order valence-electron chi connectivity index (χ4n) is 3.29. The molecule has 19 heavy (non-hydrogen) atoms. The molecule has 1 aromatic rings. The Bertz CT molecular complexity index is 352. The third-order valence-corrected chi connectivity index (χ3v) is 4.81. The molecule has 0 aromatic carbocycles. The van der Waals surface area contributed by atoms with E-state index in [9.17, 15) is 0 Å². The number of hydrogen-bond acceptors (Lipinski definition) is 4. The second-order valence-electron chi connectivity index (χ2n) is 6.02. The van der Waals surface area contributed by atoms with Crippen LogP contribution >= 0.6 is 11.3 Å². The molecule has 0 radical (unpaired) electrons. The molecule has 1 fully saturated rings. The molecule has 4 heteroatoms. The van der Waals surface area contributed by atoms with Crippen LogP contribution in [-0.2, 0) is 6.54 Å². The summed E-state index contributed by atoms with van der Waals surface area (Å²) >= 11 is 1.69. The largest absolute Gasteiger partial charge is 0.314 e. The van der Waals surface area contributed by atoms with Crippen LogP contribution in [0.4, 0.5) is 0 Å². The Morgan fingerprint density at radius 2 is 2.32 bits per heavy atom. The number of thiazole rings is 1. The van der Waals surface area contributed by atoms with E-state index >= 15 is 0 Å². The number of nitrogens with one attached hydrogen (secondary N) is 1. The summed E-state index contributed by atoms with van der Waals surface area (Å²) in [6, 6.07) is 0.707. The Kier molecular flexibility index (Phi) is 5.79. The summed E-state index contributed by atoms with van der Waals surface area (Å²) in [7, 11) is 2.22. The van der Waals surface area contributed by atoms with Crippen molar-refractivity contribution >= 4 is 11.3 Å². The fourth-order valence-corrected chi connectivity index (χ4v) is 3.84. The Balaban J connectivity index is 1.86. The van der Waals surface area contributed by atoms with Crippen molar-refractivity contribution in [3.05, 3.63) is 16.6 Å². The smallest absolute Gasteiger partial charge is 0.0795 e. The molecular weight excluding hydrogens is 254 g/mol. The Hall–Kier alpha value is -0.450. The lowest BCUT2D eigenvalue weighted by molar-refractivity contribution is 0.157. The van der Waals surface area contributed by atoms with Crippen molar-refractivity contribution < 1.29 is 0 Å². The van der Waals surface area contributed by atoms with Gasteiger partial charge in [-0.05, 0) is 44.7 Å². The number of aromatic nitrogens is 1. The molecule has 0 aliphatic heterocycles. The van der Waals surface area contributed by atoms with Gasteiger partial charge in [-0.15, -0.1) is 11.3 Å². The minimum absolute atomic E-state index is 0.707. The molecule has 0 saturated heterocycles. The summed E-state index contributed by atoms with van der Waals surface area (Å²) in [5, 5.41) is 5.83. The fraction of sp³-hybridized carbons (Fsp3) is 0.800. The average molecular weight is 281 g/mol. The van der Waals surface area contributed by atoms with Crippen molar-refractivity contribution in [1.82, 2.24) is 15.2 Å². The summed E-state index contributed by atoms with van der Waals surface area (Å²) in [4.78, 5) is 6.81. The van der Waals surface area contributed by atoms with Crippen molar-refractivity contribution in [3.8, 4) is 0 Å². The lowest BCUT2D eigenvalue weighted by Crippen LogP contribution is -2.44. The standard InChI is InChI=1S/C15H27N3S/c1-4-16-15-6-5-12(2)7-13(15)8-18(3)9-14-10-19-11-17-14/h10-13,15-16H,4-9H2,1-3H3. The van der Waals surface area contributed by atoms with E-state index in [-0.39, 0.29) is 0 Å². The number of nitrogens with zero attached hydrogens (tertiary/aromatic N) is 2. The zero-order valence-corrected chi connectivity index (χ0v) is 13.2. The van der Waals surface area contributed by atoms with Gasteiger partial charge in [0.2, 0.25) is 0 Å². The van der Waals surface area contributed by atoms with E-state index in [0.29, 0.717) is 6.04 Å². The third-order valence-electron chi connectivity index (χ3n) is 4.17. The first-order chi connectivity index (χ1) is 9.19. The van der Waals surface area contributed by atoms with Gasteiger partial charge in [0.15, 0.2) is 0 Å². The van der Waals surface area contributed by atoms with Gasteiger partial charge < -0.3 is 10.2 Å². The maximum Gasteiger partial charge on any atom is 0.0795 e. The SMILES string of the molecule is CCNC1CCC(C)CC1CN(C)Cc1cscn1. The molecule has 1 N–H and O–H groups in total. The molecule has 3 nitrogen and oxygen atoms in total. The van der Waals surface area contributed by atoms with Crippen LogP contribution < -0.4 is 5.32 Å². The van der Waals surface area contributed by atoms with Crippen LogP contribution in [0.1, 0.15) is 38.8 Å². The van der Waals surface area contributed by atoms with Crippen LogP contribution in [0.25, 0.3) is 0 Å². The van der Waals surface area contributed by atoms with Gasteiger partial charge in [0.1, 0.15) is 0 Å². The zero-order chi connectivity index (χ0) is 13.7. The minimum atomic E-state index is 0.707. The molecule has 1 saturated carbocycles. The molecule has 2 rings (SSSR count). The predicted molar refractivity (Wildman–Crippen MR) is 82.4 cm³/mol. The number of rotatable bonds is 6. The second-order valence-corrected chi connectivity index (χ2v) is 6.74. The summed E-state index contributed by atoms with van der Waals surface area (Å²) in [6.45, 7) is 7.86. The van der Waals surface area contributed by atoms with Gasteiger partial charge in [-0.25, -0.2) is 4.98 Å². The van der Waals surface area contributed by atoms with Gasteiger partial charge >= 0.3 is 0 Å². The van der Waals surface area contributed by atoms with Crippen LogP contribution in [-0.4, -0.2) is 36.1 Å². The van der Waals surface area contributed by atoms with E-state index in [2.05, 4.69) is 41.5 Å². The summed E-state index contributed by atoms with van der Waals surface area (Å²) in [6.07, 6.45) is 4.08. The van der Waals surface area contributed by atoms with Crippen molar-refractivity contribution in [2.24, 2.45) is 11.8 Å². The molecule has 0 amide bonds. The van der Waals surface area contributed by atoms with Gasteiger partial charge in [0, 0.05) is 24.5 Å². The van der Waals surface area contributed by atoms with Gasteiger partial charge in [-0.2, -0.15) is 0 Å². The molecule has 0 spiro atoms. The first-order valence-electron chi connectivity index (χ1n) is 7.48. The van der Waals surface area contributed by atoms with E-state index in [0.717, 1.165) is 24.9 Å². The molecule has 1 aliphatic rings. The summed E-state index contributed by atoms with van der Waals surface area (Å²) in [5.41, 5.74) is 3.13. The van der Waals surface area contributed by atoms with Crippen LogP contribution in [0, 0.1) is 11.8 Å². The van der Waals surface area contributed by atoms with Gasteiger partial charge in [0.05, 0.1) is 11.2 Å². The Labute approximate surface area is 121 Å². The molecule has 0 bridgehead atoms. The van der Waals surface area contributed by atoms with Gasteiger partial charge in [-0.1, -0.05) is 13.8 Å². The molecule has 1 aliphatic carbocycles. The van der Waals surface area contributed by atoms with Crippen molar-refractivity contribution in [2.75, 3.05) is 20.1 Å². The highest BCUT2D eigenvalue weighted by Crippen LogP contribution is 2.29. The number of hydrogen-bond donors (Lipinski definition) is 1. The Morgan fingerprint density at radius 1 is 1.47 bits per heavy atom. The maximum absolute atomic E-state index is 4.38. The average Bonchev–Trinajstić information content (AvgIpc) is 2.85. The predicted octanol–water partition coefficient (Wildman–Crippen LogP) is 2.99. The van der Waals surface area contributed by atoms with Gasteiger partial charge in [-0.3, -0.25) is 0 Å². The molecule has 1 heterocycles. The minimum Gasteiger partial charge on any atom is -0.314 e. The van der Waals surface area contributed by atoms with Gasteiger partial charge in [0.25, 0.3) is 0 Å². The lowest BCUT2D eigenvalue weighted by atomic mass is 9.78. The summed E-state index contributed by atoms with van der Waals surface area (Å²) < 4.78 is 0. The topological polar surface area (TPSA) is 28.2 Å². The second kappa shape index (κ2) is 7.36. The normalized spacial score (nSPS) is 27.9. The molecule has 108 valence electrons. The summed E-state index contributed by atoms with van der Waals surface area (Å²) in [5.74, 6) is 1.67. The van der Waals surface area contributed by atoms with E-state index in [1.165, 1.54) is 31.5 Å². The van der Waals surface area contributed by atoms with E-state index < -0.39 is 0 Å². The van der Waals surface area contributed by atoms with Crippen LogP contribution in [0.2, 0.25) is 0 Å². The van der Waals surface area contributed by atoms with Crippen molar-refractivity contribution in [2.45, 2.75) is 45.7 Å². The molecule has 1 aromatic heterocycles.